The number of carbonyl (C=O) groups excluding carboxylic acids is 1. The van der Waals surface area contributed by atoms with Crippen molar-refractivity contribution in [1.82, 2.24) is 15.3 Å². The standard InChI is InChI=1S/C16H18FN3O2/c1-10-11(3-2-4-14(10)17)7-15-12(8-16(21)19-22)9-18-20(15)13-5-6-13/h2-4,9,13,22H,5-8H2,1H3,(H,19,21). The molecule has 6 heteroatoms. The Kier molecular flexibility index (Phi) is 3.94. The molecule has 22 heavy (non-hydrogen) atoms. The van der Waals surface area contributed by atoms with Crippen LogP contribution in [0, 0.1) is 12.7 Å². The van der Waals surface area contributed by atoms with E-state index < -0.39 is 5.91 Å². The lowest BCUT2D eigenvalue weighted by atomic mass is 10.0. The third kappa shape index (κ3) is 2.87. The van der Waals surface area contributed by atoms with Gasteiger partial charge in [-0.25, -0.2) is 9.87 Å². The molecule has 1 aromatic heterocycles. The highest BCUT2D eigenvalue weighted by molar-refractivity contribution is 5.77. The van der Waals surface area contributed by atoms with Crippen LogP contribution in [-0.2, 0) is 17.6 Å². The highest BCUT2D eigenvalue weighted by atomic mass is 19.1. The Balaban J connectivity index is 1.95. The van der Waals surface area contributed by atoms with E-state index in [-0.39, 0.29) is 12.2 Å². The molecule has 1 amide bonds. The molecular weight excluding hydrogens is 285 g/mol. The fourth-order valence-corrected chi connectivity index (χ4v) is 2.64. The first-order valence-electron chi connectivity index (χ1n) is 7.32. The highest BCUT2D eigenvalue weighted by Crippen LogP contribution is 2.36. The van der Waals surface area contributed by atoms with E-state index in [2.05, 4.69) is 5.10 Å². The van der Waals surface area contributed by atoms with Crippen LogP contribution in [0.25, 0.3) is 0 Å². The summed E-state index contributed by atoms with van der Waals surface area (Å²) in [4.78, 5) is 11.4. The molecule has 0 aliphatic heterocycles. The van der Waals surface area contributed by atoms with Crippen molar-refractivity contribution in [2.24, 2.45) is 0 Å². The maximum absolute atomic E-state index is 13.7. The van der Waals surface area contributed by atoms with Gasteiger partial charge in [-0.2, -0.15) is 5.10 Å². The van der Waals surface area contributed by atoms with Gasteiger partial charge < -0.3 is 0 Å². The molecule has 1 fully saturated rings. The van der Waals surface area contributed by atoms with Crippen LogP contribution in [0.5, 0.6) is 0 Å². The smallest absolute Gasteiger partial charge is 0.247 e. The summed E-state index contributed by atoms with van der Waals surface area (Å²) in [5.74, 6) is -0.711. The lowest BCUT2D eigenvalue weighted by Gasteiger charge is -2.11. The topological polar surface area (TPSA) is 67.2 Å². The zero-order valence-electron chi connectivity index (χ0n) is 12.3. The van der Waals surface area contributed by atoms with E-state index >= 15 is 0 Å². The molecule has 0 spiro atoms. The van der Waals surface area contributed by atoms with Gasteiger partial charge in [0.15, 0.2) is 0 Å². The number of benzene rings is 1. The zero-order chi connectivity index (χ0) is 15.7. The predicted molar refractivity (Wildman–Crippen MR) is 78.1 cm³/mol. The van der Waals surface area contributed by atoms with Crippen LogP contribution in [0.1, 0.15) is 41.3 Å². The minimum atomic E-state index is -0.479. The van der Waals surface area contributed by atoms with Crippen molar-refractivity contribution in [3.63, 3.8) is 0 Å². The second-order valence-electron chi connectivity index (χ2n) is 5.70. The maximum Gasteiger partial charge on any atom is 0.247 e. The third-order valence-corrected chi connectivity index (χ3v) is 4.09. The molecule has 1 saturated carbocycles. The number of nitrogens with zero attached hydrogens (tertiary/aromatic N) is 2. The van der Waals surface area contributed by atoms with Crippen molar-refractivity contribution in [3.05, 3.63) is 52.6 Å². The van der Waals surface area contributed by atoms with Crippen LogP contribution in [0.2, 0.25) is 0 Å². The Bertz CT molecular complexity index is 707. The largest absolute Gasteiger partial charge is 0.289 e. The maximum atomic E-state index is 13.7. The highest BCUT2D eigenvalue weighted by Gasteiger charge is 2.28. The number of amides is 1. The van der Waals surface area contributed by atoms with Crippen LogP contribution in [0.3, 0.4) is 0 Å². The van der Waals surface area contributed by atoms with Crippen LogP contribution in [0.15, 0.2) is 24.4 Å². The number of rotatable bonds is 5. The van der Waals surface area contributed by atoms with Gasteiger partial charge in [-0.1, -0.05) is 12.1 Å². The minimum Gasteiger partial charge on any atom is -0.289 e. The van der Waals surface area contributed by atoms with Gasteiger partial charge in [0.1, 0.15) is 5.82 Å². The quantitative estimate of drug-likeness (QED) is 0.658. The van der Waals surface area contributed by atoms with E-state index in [1.165, 1.54) is 6.07 Å². The average Bonchev–Trinajstić information content (AvgIpc) is 3.28. The molecule has 3 rings (SSSR count). The number of hydrogen-bond acceptors (Lipinski definition) is 3. The van der Waals surface area contributed by atoms with Crippen molar-refractivity contribution in [3.8, 4) is 0 Å². The Labute approximate surface area is 127 Å². The van der Waals surface area contributed by atoms with Crippen LogP contribution < -0.4 is 5.48 Å². The van der Waals surface area contributed by atoms with Crippen molar-refractivity contribution < 1.29 is 14.4 Å². The van der Waals surface area contributed by atoms with E-state index in [9.17, 15) is 9.18 Å². The Hall–Kier alpha value is -2.21. The summed E-state index contributed by atoms with van der Waals surface area (Å²) in [6, 6.07) is 5.39. The Morgan fingerprint density at radius 1 is 1.45 bits per heavy atom. The summed E-state index contributed by atoms with van der Waals surface area (Å²) in [6.07, 6.45) is 4.39. The summed E-state index contributed by atoms with van der Waals surface area (Å²) in [6.45, 7) is 1.75. The lowest BCUT2D eigenvalue weighted by Crippen LogP contribution is -2.21. The fourth-order valence-electron chi connectivity index (χ4n) is 2.64. The first kappa shape index (κ1) is 14.7. The van der Waals surface area contributed by atoms with E-state index in [0.717, 1.165) is 29.7 Å². The molecule has 0 atom stereocenters. The van der Waals surface area contributed by atoms with Crippen molar-refractivity contribution in [2.75, 3.05) is 0 Å². The van der Waals surface area contributed by atoms with Crippen molar-refractivity contribution in [2.45, 2.75) is 38.6 Å². The molecule has 2 N–H and O–H groups in total. The summed E-state index contributed by atoms with van der Waals surface area (Å²) in [7, 11) is 0. The van der Waals surface area contributed by atoms with Gasteiger partial charge in [-0.3, -0.25) is 14.7 Å². The second-order valence-corrected chi connectivity index (χ2v) is 5.70. The lowest BCUT2D eigenvalue weighted by molar-refractivity contribution is -0.128. The van der Waals surface area contributed by atoms with E-state index in [1.54, 1.807) is 24.7 Å². The first-order valence-corrected chi connectivity index (χ1v) is 7.32. The van der Waals surface area contributed by atoms with Crippen molar-refractivity contribution >= 4 is 5.91 Å². The first-order chi connectivity index (χ1) is 10.6. The summed E-state index contributed by atoms with van der Waals surface area (Å²) >= 11 is 0. The van der Waals surface area contributed by atoms with Crippen LogP contribution in [0.4, 0.5) is 4.39 Å². The Morgan fingerprint density at radius 2 is 2.23 bits per heavy atom. The summed E-state index contributed by atoms with van der Waals surface area (Å²) in [5, 5.41) is 13.1. The number of aromatic nitrogens is 2. The molecule has 116 valence electrons. The molecule has 1 heterocycles. The molecule has 0 saturated heterocycles. The van der Waals surface area contributed by atoms with Gasteiger partial charge in [0.05, 0.1) is 18.7 Å². The second kappa shape index (κ2) is 5.88. The van der Waals surface area contributed by atoms with Gasteiger partial charge in [-0.05, 0) is 37.0 Å². The SMILES string of the molecule is Cc1c(F)cccc1Cc1c(CC(=O)NO)cnn1C1CC1. The normalized spacial score (nSPS) is 14.1. The monoisotopic (exact) mass is 303 g/mol. The van der Waals surface area contributed by atoms with Gasteiger partial charge in [0.25, 0.3) is 0 Å². The average molecular weight is 303 g/mol. The van der Waals surface area contributed by atoms with E-state index in [1.807, 2.05) is 10.7 Å². The van der Waals surface area contributed by atoms with E-state index in [4.69, 9.17) is 5.21 Å². The molecule has 0 bridgehead atoms. The Morgan fingerprint density at radius 3 is 2.91 bits per heavy atom. The van der Waals surface area contributed by atoms with Crippen LogP contribution in [-0.4, -0.2) is 20.9 Å². The molecule has 1 aliphatic carbocycles. The van der Waals surface area contributed by atoms with Crippen LogP contribution >= 0.6 is 0 Å². The molecule has 0 radical (unpaired) electrons. The van der Waals surface area contributed by atoms with Gasteiger partial charge in [0, 0.05) is 17.7 Å². The molecule has 5 nitrogen and oxygen atoms in total. The predicted octanol–water partition coefficient (Wildman–Crippen LogP) is 2.30. The van der Waals surface area contributed by atoms with Gasteiger partial charge in [-0.15, -0.1) is 0 Å². The molecular formula is C16H18FN3O2. The fraction of sp³-hybridized carbons (Fsp3) is 0.375. The number of halogens is 1. The molecule has 2 aromatic rings. The molecule has 1 aliphatic rings. The third-order valence-electron chi connectivity index (χ3n) is 4.09. The van der Waals surface area contributed by atoms with Gasteiger partial charge in [0.2, 0.25) is 5.91 Å². The molecule has 0 unspecified atom stereocenters. The summed E-state index contributed by atoms with van der Waals surface area (Å²) in [5.41, 5.74) is 4.82. The van der Waals surface area contributed by atoms with Crippen molar-refractivity contribution in [1.29, 1.82) is 0 Å². The number of carbonyl (C=O) groups is 1. The number of nitrogens with one attached hydrogen (secondary N) is 1. The number of hydroxylamine groups is 1. The summed E-state index contributed by atoms with van der Waals surface area (Å²) < 4.78 is 15.7. The minimum absolute atomic E-state index is 0.0624. The zero-order valence-corrected chi connectivity index (χ0v) is 12.3. The molecule has 1 aromatic carbocycles. The van der Waals surface area contributed by atoms with E-state index in [0.29, 0.717) is 18.0 Å². The van der Waals surface area contributed by atoms with Gasteiger partial charge >= 0.3 is 0 Å². The number of hydrogen-bond donors (Lipinski definition) is 2.